The number of carboxylic acids is 1. The van der Waals surface area contributed by atoms with E-state index in [0.29, 0.717) is 10.7 Å². The Hall–Kier alpha value is -2.16. The minimum absolute atomic E-state index is 0.101. The van der Waals surface area contributed by atoms with Gasteiger partial charge in [0.25, 0.3) is 0 Å². The minimum Gasteiger partial charge on any atom is -0.477 e. The van der Waals surface area contributed by atoms with E-state index in [1.54, 1.807) is 21.0 Å². The Kier molecular flexibility index (Phi) is 5.44. The summed E-state index contributed by atoms with van der Waals surface area (Å²) in [6.45, 7) is 1.61. The summed E-state index contributed by atoms with van der Waals surface area (Å²) < 4.78 is 0. The molecule has 0 unspecified atom stereocenters. The quantitative estimate of drug-likeness (QED) is 0.710. The van der Waals surface area contributed by atoms with Gasteiger partial charge in [-0.25, -0.2) is 14.6 Å². The number of nitrogens with zero attached hydrogens (tertiary/aromatic N) is 2. The number of aromatic carboxylic acids is 1. The number of carbonyl (C=O) groups is 3. The SMILES string of the molecule is Cc1nc(CNC(=O)NCC(=O)N(C)C)sc1C(=O)O. The van der Waals surface area contributed by atoms with Gasteiger partial charge in [0.05, 0.1) is 18.8 Å². The van der Waals surface area contributed by atoms with E-state index in [1.807, 2.05) is 0 Å². The second-order valence-electron chi connectivity index (χ2n) is 4.15. The smallest absolute Gasteiger partial charge is 0.347 e. The Bertz CT molecular complexity index is 526. The Labute approximate surface area is 119 Å². The Morgan fingerprint density at radius 3 is 2.45 bits per heavy atom. The number of hydrogen-bond acceptors (Lipinski definition) is 5. The highest BCUT2D eigenvalue weighted by molar-refractivity contribution is 7.13. The first-order chi connectivity index (χ1) is 9.31. The van der Waals surface area contributed by atoms with Crippen LogP contribution in [0, 0.1) is 6.92 Å². The molecular formula is C11H16N4O4S. The van der Waals surface area contributed by atoms with Crippen molar-refractivity contribution in [3.63, 3.8) is 0 Å². The molecule has 1 heterocycles. The molecule has 0 radical (unpaired) electrons. The Morgan fingerprint density at radius 1 is 1.30 bits per heavy atom. The lowest BCUT2D eigenvalue weighted by Crippen LogP contribution is -2.41. The van der Waals surface area contributed by atoms with Gasteiger partial charge >= 0.3 is 12.0 Å². The van der Waals surface area contributed by atoms with Crippen LogP contribution in [0.25, 0.3) is 0 Å². The highest BCUT2D eigenvalue weighted by Gasteiger charge is 2.14. The van der Waals surface area contributed by atoms with Crippen molar-refractivity contribution in [1.29, 1.82) is 0 Å². The van der Waals surface area contributed by atoms with Gasteiger partial charge in [0.15, 0.2) is 0 Å². The molecule has 20 heavy (non-hydrogen) atoms. The van der Waals surface area contributed by atoms with Crippen LogP contribution in [0.4, 0.5) is 4.79 Å². The van der Waals surface area contributed by atoms with E-state index in [9.17, 15) is 14.4 Å². The molecule has 0 aliphatic rings. The number of rotatable bonds is 5. The fourth-order valence-corrected chi connectivity index (χ4v) is 2.10. The molecule has 3 N–H and O–H groups in total. The van der Waals surface area contributed by atoms with Crippen LogP contribution in [-0.4, -0.2) is 53.5 Å². The molecule has 0 saturated carbocycles. The van der Waals surface area contributed by atoms with E-state index in [1.165, 1.54) is 4.90 Å². The molecule has 1 aromatic rings. The van der Waals surface area contributed by atoms with E-state index in [4.69, 9.17) is 5.11 Å². The van der Waals surface area contributed by atoms with Gasteiger partial charge < -0.3 is 20.6 Å². The van der Waals surface area contributed by atoms with Gasteiger partial charge in [-0.1, -0.05) is 0 Å². The number of amides is 3. The van der Waals surface area contributed by atoms with Crippen molar-refractivity contribution in [2.75, 3.05) is 20.6 Å². The standard InChI is InChI=1S/C11H16N4O4S/c1-6-9(10(17)18)20-7(14-6)4-12-11(19)13-5-8(16)15(2)3/h4-5H2,1-3H3,(H,17,18)(H2,12,13,19). The molecular weight excluding hydrogens is 284 g/mol. The summed E-state index contributed by atoms with van der Waals surface area (Å²) in [6, 6.07) is -0.509. The number of aryl methyl sites for hydroxylation is 1. The van der Waals surface area contributed by atoms with Crippen molar-refractivity contribution in [3.8, 4) is 0 Å². The lowest BCUT2D eigenvalue weighted by Gasteiger charge is -2.11. The molecule has 0 fully saturated rings. The van der Waals surface area contributed by atoms with Crippen LogP contribution in [0.1, 0.15) is 20.4 Å². The number of nitrogens with one attached hydrogen (secondary N) is 2. The molecule has 0 spiro atoms. The molecule has 9 heteroatoms. The van der Waals surface area contributed by atoms with Crippen LogP contribution in [0.2, 0.25) is 0 Å². The third-order valence-electron chi connectivity index (χ3n) is 2.33. The Morgan fingerprint density at radius 2 is 1.95 bits per heavy atom. The maximum absolute atomic E-state index is 11.4. The summed E-state index contributed by atoms with van der Waals surface area (Å²) in [6.07, 6.45) is 0. The van der Waals surface area contributed by atoms with Gasteiger partial charge in [0.2, 0.25) is 5.91 Å². The zero-order valence-corrected chi connectivity index (χ0v) is 12.2. The maximum atomic E-state index is 11.4. The number of carbonyl (C=O) groups excluding carboxylic acids is 2. The lowest BCUT2D eigenvalue weighted by molar-refractivity contribution is -0.127. The van der Waals surface area contributed by atoms with Gasteiger partial charge in [-0.15, -0.1) is 11.3 Å². The first kappa shape index (κ1) is 15.9. The van der Waals surface area contributed by atoms with Gasteiger partial charge in [0.1, 0.15) is 9.88 Å². The normalized spacial score (nSPS) is 9.95. The van der Waals surface area contributed by atoms with Gasteiger partial charge in [-0.05, 0) is 6.92 Å². The monoisotopic (exact) mass is 300 g/mol. The average Bonchev–Trinajstić information content (AvgIpc) is 2.74. The van der Waals surface area contributed by atoms with Crippen LogP contribution in [-0.2, 0) is 11.3 Å². The number of likely N-dealkylation sites (N-methyl/N-ethyl adjacent to an activating group) is 1. The van der Waals surface area contributed by atoms with Crippen molar-refractivity contribution in [2.45, 2.75) is 13.5 Å². The molecule has 8 nitrogen and oxygen atoms in total. The Balaban J connectivity index is 2.43. The van der Waals surface area contributed by atoms with Crippen LogP contribution >= 0.6 is 11.3 Å². The third-order valence-corrected chi connectivity index (χ3v) is 3.48. The predicted octanol–water partition coefficient (Wildman–Crippen LogP) is 0.0371. The molecule has 0 aliphatic heterocycles. The first-order valence-corrected chi connectivity index (χ1v) is 6.54. The predicted molar refractivity (Wildman–Crippen MR) is 72.7 cm³/mol. The zero-order valence-electron chi connectivity index (χ0n) is 11.4. The molecule has 0 atom stereocenters. The fourth-order valence-electron chi connectivity index (χ4n) is 1.26. The number of hydrogen-bond donors (Lipinski definition) is 3. The van der Waals surface area contributed by atoms with Crippen LogP contribution in [0.15, 0.2) is 0 Å². The van der Waals surface area contributed by atoms with Gasteiger partial charge in [-0.3, -0.25) is 4.79 Å². The van der Waals surface area contributed by atoms with E-state index in [0.717, 1.165) is 11.3 Å². The number of urea groups is 1. The fraction of sp³-hybridized carbons (Fsp3) is 0.455. The van der Waals surface area contributed by atoms with Crippen LogP contribution in [0.5, 0.6) is 0 Å². The van der Waals surface area contributed by atoms with Crippen LogP contribution in [0.3, 0.4) is 0 Å². The summed E-state index contributed by atoms with van der Waals surface area (Å²) in [7, 11) is 3.18. The van der Waals surface area contributed by atoms with E-state index < -0.39 is 12.0 Å². The molecule has 0 aliphatic carbocycles. The molecule has 0 bridgehead atoms. The zero-order chi connectivity index (χ0) is 15.3. The molecule has 1 aromatic heterocycles. The van der Waals surface area contributed by atoms with E-state index in [-0.39, 0.29) is 23.9 Å². The minimum atomic E-state index is -1.03. The molecule has 3 amide bonds. The third kappa shape index (κ3) is 4.50. The number of aromatic nitrogens is 1. The van der Waals surface area contributed by atoms with Crippen LogP contribution < -0.4 is 10.6 Å². The van der Waals surface area contributed by atoms with Crippen molar-refractivity contribution < 1.29 is 19.5 Å². The van der Waals surface area contributed by atoms with Crippen molar-refractivity contribution >= 4 is 29.2 Å². The average molecular weight is 300 g/mol. The number of carboxylic acid groups (broad SMARTS) is 1. The van der Waals surface area contributed by atoms with Gasteiger partial charge in [0, 0.05) is 14.1 Å². The van der Waals surface area contributed by atoms with Crippen molar-refractivity contribution in [3.05, 3.63) is 15.6 Å². The summed E-state index contributed by atoms with van der Waals surface area (Å²) in [5.74, 6) is -1.26. The summed E-state index contributed by atoms with van der Waals surface area (Å²) in [5, 5.41) is 14.3. The van der Waals surface area contributed by atoms with Crippen molar-refractivity contribution in [1.82, 2.24) is 20.5 Å². The largest absolute Gasteiger partial charge is 0.477 e. The highest BCUT2D eigenvalue weighted by Crippen LogP contribution is 2.17. The summed E-state index contributed by atoms with van der Waals surface area (Å²) >= 11 is 1.01. The topological polar surface area (TPSA) is 112 Å². The second kappa shape index (κ2) is 6.85. The lowest BCUT2D eigenvalue weighted by atomic mass is 10.4. The molecule has 0 aromatic carbocycles. The summed E-state index contributed by atoms with van der Waals surface area (Å²) in [5.41, 5.74) is 0.419. The van der Waals surface area contributed by atoms with E-state index >= 15 is 0 Å². The van der Waals surface area contributed by atoms with E-state index in [2.05, 4.69) is 15.6 Å². The maximum Gasteiger partial charge on any atom is 0.347 e. The summed E-state index contributed by atoms with van der Waals surface area (Å²) in [4.78, 5) is 39.1. The second-order valence-corrected chi connectivity index (χ2v) is 5.24. The molecule has 0 saturated heterocycles. The highest BCUT2D eigenvalue weighted by atomic mass is 32.1. The number of thiazole rings is 1. The first-order valence-electron chi connectivity index (χ1n) is 5.72. The van der Waals surface area contributed by atoms with Crippen molar-refractivity contribution in [2.24, 2.45) is 0 Å². The molecule has 110 valence electrons. The molecule has 1 rings (SSSR count). The van der Waals surface area contributed by atoms with Gasteiger partial charge in [-0.2, -0.15) is 0 Å².